The van der Waals surface area contributed by atoms with Gasteiger partial charge in [0.2, 0.25) is 5.91 Å². The number of carbonyl (C=O) groups excluding carboxylic acids is 2. The summed E-state index contributed by atoms with van der Waals surface area (Å²) in [6, 6.07) is -0.818. The smallest absolute Gasteiger partial charge is 0.318 e. The van der Waals surface area contributed by atoms with Gasteiger partial charge in [0.25, 0.3) is 0 Å². The average molecular weight is 145 g/mol. The zero-order chi connectivity index (χ0) is 7.98. The van der Waals surface area contributed by atoms with Crippen LogP contribution in [0.15, 0.2) is 0 Å². The van der Waals surface area contributed by atoms with E-state index in [2.05, 4.69) is 5.73 Å². The number of nitrogens with two attached hydrogens (primary N) is 2. The molecule has 0 aliphatic rings. The summed E-state index contributed by atoms with van der Waals surface area (Å²) in [6.45, 7) is 0.437. The first kappa shape index (κ1) is 8.90. The molecule has 10 heavy (non-hydrogen) atoms. The van der Waals surface area contributed by atoms with Crippen LogP contribution in [0.1, 0.15) is 12.8 Å². The topological polar surface area (TPSA) is 98.2 Å². The molecule has 5 N–H and O–H groups in total. The molecule has 58 valence electrons. The van der Waals surface area contributed by atoms with E-state index in [0.717, 1.165) is 0 Å². The van der Waals surface area contributed by atoms with Crippen LogP contribution in [0.2, 0.25) is 0 Å². The minimum absolute atomic E-state index is 0.249. The summed E-state index contributed by atoms with van der Waals surface area (Å²) in [7, 11) is 0. The van der Waals surface area contributed by atoms with Gasteiger partial charge >= 0.3 is 6.03 Å². The van der Waals surface area contributed by atoms with Crippen LogP contribution in [0.4, 0.5) is 4.79 Å². The SMILES string of the molecule is NCCCC(=O)NC(N)=O. The molecule has 0 saturated heterocycles. The van der Waals surface area contributed by atoms with Gasteiger partial charge in [0.1, 0.15) is 0 Å². The van der Waals surface area contributed by atoms with Crippen LogP contribution in [-0.4, -0.2) is 18.5 Å². The van der Waals surface area contributed by atoms with Gasteiger partial charge in [-0.25, -0.2) is 4.79 Å². The molecule has 0 spiro atoms. The second-order valence-electron chi connectivity index (χ2n) is 1.80. The van der Waals surface area contributed by atoms with E-state index in [4.69, 9.17) is 5.73 Å². The van der Waals surface area contributed by atoms with Crippen molar-refractivity contribution in [2.75, 3.05) is 6.54 Å². The third-order valence-corrected chi connectivity index (χ3v) is 0.871. The van der Waals surface area contributed by atoms with Crippen molar-refractivity contribution in [1.29, 1.82) is 0 Å². The third-order valence-electron chi connectivity index (χ3n) is 0.871. The van der Waals surface area contributed by atoms with E-state index in [-0.39, 0.29) is 12.3 Å². The molecule has 3 amide bonds. The second-order valence-corrected chi connectivity index (χ2v) is 1.80. The van der Waals surface area contributed by atoms with Crippen LogP contribution < -0.4 is 16.8 Å². The fraction of sp³-hybridized carbons (Fsp3) is 0.600. The number of urea groups is 1. The monoisotopic (exact) mass is 145 g/mol. The van der Waals surface area contributed by atoms with Gasteiger partial charge in [0, 0.05) is 6.42 Å². The first-order chi connectivity index (χ1) is 4.66. The van der Waals surface area contributed by atoms with Crippen LogP contribution in [0.25, 0.3) is 0 Å². The Morgan fingerprint density at radius 3 is 2.40 bits per heavy atom. The molecule has 0 rings (SSSR count). The van der Waals surface area contributed by atoms with Crippen LogP contribution in [-0.2, 0) is 4.79 Å². The van der Waals surface area contributed by atoms with Crippen molar-refractivity contribution in [3.8, 4) is 0 Å². The molecule has 0 radical (unpaired) electrons. The van der Waals surface area contributed by atoms with Gasteiger partial charge in [-0.2, -0.15) is 0 Å². The maximum atomic E-state index is 10.5. The fourth-order valence-electron chi connectivity index (χ4n) is 0.463. The largest absolute Gasteiger partial charge is 0.351 e. The molecule has 5 nitrogen and oxygen atoms in total. The van der Waals surface area contributed by atoms with Crippen molar-refractivity contribution in [1.82, 2.24) is 5.32 Å². The zero-order valence-corrected chi connectivity index (χ0v) is 5.59. The first-order valence-corrected chi connectivity index (χ1v) is 2.96. The molecule has 0 atom stereocenters. The second kappa shape index (κ2) is 4.75. The summed E-state index contributed by atoms with van der Waals surface area (Å²) >= 11 is 0. The standard InChI is InChI=1S/C5H11N3O2/c6-3-1-2-4(9)8-5(7)10/h1-3,6H2,(H3,7,8,9,10). The van der Waals surface area contributed by atoms with Crippen molar-refractivity contribution in [3.05, 3.63) is 0 Å². The average Bonchev–Trinajstić information content (AvgIpc) is 1.82. The van der Waals surface area contributed by atoms with E-state index in [1.54, 1.807) is 0 Å². The van der Waals surface area contributed by atoms with E-state index >= 15 is 0 Å². The van der Waals surface area contributed by atoms with Crippen LogP contribution >= 0.6 is 0 Å². The highest BCUT2D eigenvalue weighted by Gasteiger charge is 2.01. The molecule has 0 aromatic heterocycles. The van der Waals surface area contributed by atoms with Gasteiger partial charge in [-0.1, -0.05) is 0 Å². The fourth-order valence-corrected chi connectivity index (χ4v) is 0.463. The normalized spacial score (nSPS) is 8.90. The summed E-state index contributed by atoms with van der Waals surface area (Å²) in [4.78, 5) is 20.6. The Hall–Kier alpha value is -1.10. The number of rotatable bonds is 3. The molecule has 0 bridgehead atoms. The Kier molecular flexibility index (Phi) is 4.23. The summed E-state index contributed by atoms with van der Waals surface area (Å²) < 4.78 is 0. The lowest BCUT2D eigenvalue weighted by Gasteiger charge is -1.97. The molecule has 0 saturated carbocycles. The predicted molar refractivity (Wildman–Crippen MR) is 36.0 cm³/mol. The van der Waals surface area contributed by atoms with Crippen LogP contribution in [0.5, 0.6) is 0 Å². The minimum atomic E-state index is -0.818. The third kappa shape index (κ3) is 5.04. The Morgan fingerprint density at radius 1 is 1.40 bits per heavy atom. The lowest BCUT2D eigenvalue weighted by atomic mass is 10.3. The van der Waals surface area contributed by atoms with Gasteiger partial charge < -0.3 is 11.5 Å². The number of carbonyl (C=O) groups is 2. The number of hydrogen-bond acceptors (Lipinski definition) is 3. The Morgan fingerprint density at radius 2 is 2.00 bits per heavy atom. The summed E-state index contributed by atoms with van der Waals surface area (Å²) in [6.07, 6.45) is 0.818. The van der Waals surface area contributed by atoms with Crippen molar-refractivity contribution in [2.45, 2.75) is 12.8 Å². The number of primary amides is 1. The van der Waals surface area contributed by atoms with Gasteiger partial charge in [0.15, 0.2) is 0 Å². The van der Waals surface area contributed by atoms with E-state index in [0.29, 0.717) is 13.0 Å². The van der Waals surface area contributed by atoms with Crippen LogP contribution in [0, 0.1) is 0 Å². The van der Waals surface area contributed by atoms with Crippen molar-refractivity contribution in [3.63, 3.8) is 0 Å². The summed E-state index contributed by atoms with van der Waals surface area (Å²) in [5, 5.41) is 1.92. The molecular formula is C5H11N3O2. The highest BCUT2D eigenvalue weighted by molar-refractivity contribution is 5.93. The molecule has 5 heteroatoms. The number of hydrogen-bond donors (Lipinski definition) is 3. The minimum Gasteiger partial charge on any atom is -0.351 e. The molecular weight excluding hydrogens is 134 g/mol. The Balaban J connectivity index is 3.35. The highest BCUT2D eigenvalue weighted by atomic mass is 16.2. The molecule has 0 heterocycles. The van der Waals surface area contributed by atoms with E-state index in [1.807, 2.05) is 5.32 Å². The van der Waals surface area contributed by atoms with Gasteiger partial charge in [-0.15, -0.1) is 0 Å². The van der Waals surface area contributed by atoms with Gasteiger partial charge in [0.05, 0.1) is 0 Å². The van der Waals surface area contributed by atoms with Crippen molar-refractivity contribution < 1.29 is 9.59 Å². The molecule has 0 aliphatic heterocycles. The number of imide groups is 1. The number of nitrogens with one attached hydrogen (secondary N) is 1. The van der Waals surface area contributed by atoms with Crippen molar-refractivity contribution in [2.24, 2.45) is 11.5 Å². The van der Waals surface area contributed by atoms with Crippen LogP contribution in [0.3, 0.4) is 0 Å². The maximum absolute atomic E-state index is 10.5. The lowest BCUT2D eigenvalue weighted by Crippen LogP contribution is -2.34. The number of amides is 3. The molecule has 0 aromatic carbocycles. The summed E-state index contributed by atoms with van der Waals surface area (Å²) in [5.74, 6) is -0.377. The Labute approximate surface area is 58.8 Å². The van der Waals surface area contributed by atoms with E-state index in [9.17, 15) is 9.59 Å². The lowest BCUT2D eigenvalue weighted by molar-refractivity contribution is -0.120. The van der Waals surface area contributed by atoms with E-state index < -0.39 is 6.03 Å². The summed E-state index contributed by atoms with van der Waals surface area (Å²) in [5.41, 5.74) is 9.77. The molecule has 0 fully saturated rings. The molecule has 0 aromatic rings. The highest BCUT2D eigenvalue weighted by Crippen LogP contribution is 1.83. The van der Waals surface area contributed by atoms with Gasteiger partial charge in [-0.05, 0) is 13.0 Å². The molecule has 0 aliphatic carbocycles. The van der Waals surface area contributed by atoms with E-state index in [1.165, 1.54) is 0 Å². The van der Waals surface area contributed by atoms with Gasteiger partial charge in [-0.3, -0.25) is 10.1 Å². The quantitative estimate of drug-likeness (QED) is 0.471. The first-order valence-electron chi connectivity index (χ1n) is 2.96. The predicted octanol–water partition coefficient (Wildman–Crippen LogP) is -1.08. The Bertz CT molecular complexity index is 135. The molecule has 0 unspecified atom stereocenters. The van der Waals surface area contributed by atoms with Crippen molar-refractivity contribution >= 4 is 11.9 Å². The zero-order valence-electron chi connectivity index (χ0n) is 5.59. The maximum Gasteiger partial charge on any atom is 0.318 e.